The van der Waals surface area contributed by atoms with Gasteiger partial charge in [0.2, 0.25) is 0 Å². The number of benzene rings is 5. The lowest BCUT2D eigenvalue weighted by molar-refractivity contribution is 0.0697. The predicted molar refractivity (Wildman–Crippen MR) is 174 cm³/mol. The summed E-state index contributed by atoms with van der Waals surface area (Å²) in [6.07, 6.45) is 0. The molecular weight excluding hydrogens is 645 g/mol. The number of hydrogen-bond acceptors (Lipinski definition) is 8. The van der Waals surface area contributed by atoms with Crippen molar-refractivity contribution in [1.82, 2.24) is 0 Å². The Balaban J connectivity index is 1.45. The fourth-order valence-corrected chi connectivity index (χ4v) is 6.52. The lowest BCUT2D eigenvalue weighted by Crippen LogP contribution is -2.07. The van der Waals surface area contributed by atoms with Crippen LogP contribution in [0.2, 0.25) is 0 Å². The van der Waals surface area contributed by atoms with Gasteiger partial charge in [0.05, 0.1) is 27.3 Å². The summed E-state index contributed by atoms with van der Waals surface area (Å²) in [6.45, 7) is 0.288. The summed E-state index contributed by atoms with van der Waals surface area (Å²) in [5, 5.41) is 14.4. The minimum Gasteiger partial charge on any atom is -0.478 e. The average molecular weight is 671 g/mol. The number of carbonyl (C=O) groups is 1. The van der Waals surface area contributed by atoms with Crippen LogP contribution in [0.1, 0.15) is 21.5 Å². The highest BCUT2D eigenvalue weighted by molar-refractivity contribution is 7.86. The summed E-state index contributed by atoms with van der Waals surface area (Å²) >= 11 is 0. The molecule has 0 atom stereocenters. The number of nitrogens with zero attached hydrogens (tertiary/aromatic N) is 1. The molecule has 0 saturated heterocycles. The van der Waals surface area contributed by atoms with Crippen LogP contribution in [-0.2, 0) is 33.3 Å². The number of anilines is 1. The molecule has 0 saturated carbocycles. The summed E-state index contributed by atoms with van der Waals surface area (Å²) in [5.41, 5.74) is 3.93. The molecule has 238 valence electrons. The summed E-state index contributed by atoms with van der Waals surface area (Å²) < 4.78 is 71.6. The standard InChI is InChI=1S/C34H26N2O9S2/c37-34(38)27-7-3-2-6-26(27)33-28-15-11-23(35-19-21-9-13-25(14-10-21)46(39,40)41)17-30(28)45-31-18-24(12-16-29(31)33)36-20-22-5-1-4-8-32(22)47(42,43)44/h1-18,36H,19-20H2,(H,37,38)(H,39,40,41)(H,42,43,44). The average Bonchev–Trinajstić information content (AvgIpc) is 3.04. The first kappa shape index (κ1) is 31.6. The third-order valence-corrected chi connectivity index (χ3v) is 9.35. The minimum atomic E-state index is -4.43. The van der Waals surface area contributed by atoms with Gasteiger partial charge >= 0.3 is 5.97 Å². The van der Waals surface area contributed by atoms with Crippen molar-refractivity contribution in [2.75, 3.05) is 5.32 Å². The molecule has 4 aromatic rings. The van der Waals surface area contributed by atoms with Crippen molar-refractivity contribution < 1.29 is 40.3 Å². The minimum absolute atomic E-state index is 0.0813. The van der Waals surface area contributed by atoms with Crippen LogP contribution >= 0.6 is 0 Å². The number of nitrogens with one attached hydrogen (secondary N) is 1. The SMILES string of the molecule is O=C(O)c1ccccc1-c1c2ccc(=NCc3ccc(S(=O)(=O)O)cc3)cc-2oc2cc(NCc3ccccc3S(=O)(=O)O)ccc12. The molecule has 11 nitrogen and oxygen atoms in total. The van der Waals surface area contributed by atoms with Gasteiger partial charge in [0, 0.05) is 40.9 Å². The molecule has 0 radical (unpaired) electrons. The molecule has 0 aromatic heterocycles. The van der Waals surface area contributed by atoms with Gasteiger partial charge in [-0.3, -0.25) is 14.1 Å². The smallest absolute Gasteiger partial charge is 0.336 e. The Morgan fingerprint density at radius 1 is 0.766 bits per heavy atom. The van der Waals surface area contributed by atoms with Crippen LogP contribution in [0.4, 0.5) is 5.69 Å². The Morgan fingerprint density at radius 3 is 2.21 bits per heavy atom. The van der Waals surface area contributed by atoms with Gasteiger partial charge in [-0.1, -0.05) is 48.5 Å². The number of rotatable bonds is 9. The molecule has 2 aliphatic rings. The molecule has 1 aliphatic heterocycles. The fourth-order valence-electron chi connectivity index (χ4n) is 5.31. The van der Waals surface area contributed by atoms with E-state index in [1.54, 1.807) is 78.9 Å². The fraction of sp³-hybridized carbons (Fsp3) is 0.0588. The maximum absolute atomic E-state index is 12.2. The highest BCUT2D eigenvalue weighted by Crippen LogP contribution is 2.41. The number of fused-ring (bicyclic) bond motifs is 2. The van der Waals surface area contributed by atoms with Gasteiger partial charge in [-0.15, -0.1) is 0 Å². The van der Waals surface area contributed by atoms with Crippen molar-refractivity contribution in [3.63, 3.8) is 0 Å². The second kappa shape index (κ2) is 12.5. The quantitative estimate of drug-likeness (QED) is 0.103. The van der Waals surface area contributed by atoms with Gasteiger partial charge in [0.1, 0.15) is 11.3 Å². The monoisotopic (exact) mass is 670 g/mol. The molecule has 0 amide bonds. The molecule has 6 rings (SSSR count). The molecule has 0 fully saturated rings. The number of carboxylic acids is 1. The van der Waals surface area contributed by atoms with Crippen LogP contribution in [0.25, 0.3) is 33.4 Å². The molecule has 4 N–H and O–H groups in total. The highest BCUT2D eigenvalue weighted by atomic mass is 32.2. The van der Waals surface area contributed by atoms with Crippen molar-refractivity contribution in [2.45, 2.75) is 22.9 Å². The Kier molecular flexibility index (Phi) is 8.38. The van der Waals surface area contributed by atoms with E-state index in [0.717, 1.165) is 0 Å². The normalized spacial score (nSPS) is 12.4. The zero-order chi connectivity index (χ0) is 33.3. The van der Waals surface area contributed by atoms with Crippen LogP contribution in [-0.4, -0.2) is 37.0 Å². The van der Waals surface area contributed by atoms with E-state index in [1.807, 2.05) is 0 Å². The van der Waals surface area contributed by atoms with Gasteiger partial charge in [0.25, 0.3) is 20.2 Å². The van der Waals surface area contributed by atoms with E-state index in [9.17, 15) is 35.8 Å². The first-order valence-electron chi connectivity index (χ1n) is 14.1. The molecule has 13 heteroatoms. The molecular formula is C34H26N2O9S2. The zero-order valence-corrected chi connectivity index (χ0v) is 26.0. The lowest BCUT2D eigenvalue weighted by Gasteiger charge is -2.18. The summed E-state index contributed by atoms with van der Waals surface area (Å²) in [7, 11) is -8.74. The predicted octanol–water partition coefficient (Wildman–Crippen LogP) is 6.11. The van der Waals surface area contributed by atoms with Crippen LogP contribution < -0.4 is 10.7 Å². The Bertz CT molecular complexity index is 2420. The van der Waals surface area contributed by atoms with Crippen molar-refractivity contribution in [1.29, 1.82) is 0 Å². The van der Waals surface area contributed by atoms with E-state index in [2.05, 4.69) is 10.3 Å². The van der Waals surface area contributed by atoms with Crippen LogP contribution in [0.5, 0.6) is 0 Å². The lowest BCUT2D eigenvalue weighted by atomic mass is 9.90. The van der Waals surface area contributed by atoms with E-state index in [0.29, 0.717) is 55.6 Å². The molecule has 47 heavy (non-hydrogen) atoms. The summed E-state index contributed by atoms with van der Waals surface area (Å²) in [5.74, 6) is -0.672. The Hall–Kier alpha value is -5.34. The van der Waals surface area contributed by atoms with Crippen molar-refractivity contribution in [3.8, 4) is 22.5 Å². The molecule has 0 unspecified atom stereocenters. The molecule has 0 spiro atoms. The number of aromatic carboxylic acids is 1. The van der Waals surface area contributed by atoms with Gasteiger partial charge in [0.15, 0.2) is 0 Å². The van der Waals surface area contributed by atoms with Crippen molar-refractivity contribution >= 4 is 42.9 Å². The van der Waals surface area contributed by atoms with E-state index in [1.165, 1.54) is 30.3 Å². The first-order valence-corrected chi connectivity index (χ1v) is 17.0. The number of hydrogen-bond donors (Lipinski definition) is 4. The molecule has 4 aromatic carbocycles. The maximum atomic E-state index is 12.2. The third-order valence-electron chi connectivity index (χ3n) is 7.53. The van der Waals surface area contributed by atoms with Crippen LogP contribution in [0.15, 0.2) is 128 Å². The van der Waals surface area contributed by atoms with Gasteiger partial charge in [-0.2, -0.15) is 16.8 Å². The zero-order valence-electron chi connectivity index (χ0n) is 24.4. The van der Waals surface area contributed by atoms with E-state index >= 15 is 0 Å². The second-order valence-electron chi connectivity index (χ2n) is 10.6. The summed E-state index contributed by atoms with van der Waals surface area (Å²) in [4.78, 5) is 16.4. The van der Waals surface area contributed by atoms with E-state index < -0.39 is 26.2 Å². The number of carboxylic acid groups (broad SMARTS) is 1. The topological polar surface area (TPSA) is 184 Å². The van der Waals surface area contributed by atoms with E-state index in [-0.39, 0.29) is 28.4 Å². The Morgan fingerprint density at radius 2 is 1.49 bits per heavy atom. The molecule has 0 bridgehead atoms. The van der Waals surface area contributed by atoms with E-state index in [4.69, 9.17) is 4.42 Å². The van der Waals surface area contributed by atoms with Crippen molar-refractivity contribution in [2.24, 2.45) is 4.99 Å². The van der Waals surface area contributed by atoms with Crippen LogP contribution in [0.3, 0.4) is 0 Å². The van der Waals surface area contributed by atoms with Crippen LogP contribution in [0, 0.1) is 0 Å². The van der Waals surface area contributed by atoms with Gasteiger partial charge in [-0.05, 0) is 65.2 Å². The first-order chi connectivity index (χ1) is 22.4. The largest absolute Gasteiger partial charge is 0.478 e. The van der Waals surface area contributed by atoms with Crippen molar-refractivity contribution in [3.05, 3.63) is 131 Å². The third kappa shape index (κ3) is 6.78. The van der Waals surface area contributed by atoms with Gasteiger partial charge in [-0.25, -0.2) is 4.79 Å². The molecule has 1 heterocycles. The highest BCUT2D eigenvalue weighted by Gasteiger charge is 2.22. The second-order valence-corrected chi connectivity index (χ2v) is 13.4. The molecule has 1 aliphatic carbocycles. The Labute approximate surface area is 269 Å². The van der Waals surface area contributed by atoms with Gasteiger partial charge < -0.3 is 14.8 Å². The summed E-state index contributed by atoms with van der Waals surface area (Å²) in [6, 6.07) is 29.0. The maximum Gasteiger partial charge on any atom is 0.336 e.